The third kappa shape index (κ3) is 13.3. The summed E-state index contributed by atoms with van der Waals surface area (Å²) in [5.74, 6) is -0.0578. The molecule has 16 nitrogen and oxygen atoms in total. The second-order valence-corrected chi connectivity index (χ2v) is 24.9. The number of piperazine rings is 1. The highest BCUT2D eigenvalue weighted by Crippen LogP contribution is 2.55. The van der Waals surface area contributed by atoms with Gasteiger partial charge in [0.25, 0.3) is 5.91 Å². The molecule has 6 atom stereocenters. The van der Waals surface area contributed by atoms with Gasteiger partial charge in [-0.2, -0.15) is 5.26 Å². The van der Waals surface area contributed by atoms with Crippen LogP contribution in [-0.2, 0) is 19.1 Å². The van der Waals surface area contributed by atoms with Gasteiger partial charge in [-0.3, -0.25) is 29.0 Å². The van der Waals surface area contributed by atoms with E-state index in [1.807, 2.05) is 76.5 Å². The number of halogens is 1. The fraction of sp³-hybridized carbons (Fsp3) is 0.559. The lowest BCUT2D eigenvalue weighted by Gasteiger charge is -2.63. The summed E-state index contributed by atoms with van der Waals surface area (Å²) in [5, 5.41) is 29.7. The molecule has 1 aromatic heterocycles. The minimum Gasteiger partial charge on any atom is -0.492 e. The van der Waals surface area contributed by atoms with Gasteiger partial charge in [0.05, 0.1) is 44.9 Å². The number of aliphatic hydroxyl groups is 1. The van der Waals surface area contributed by atoms with Crippen LogP contribution in [0.15, 0.2) is 72.2 Å². The van der Waals surface area contributed by atoms with Gasteiger partial charge in [-0.15, -0.1) is 11.3 Å². The quantitative estimate of drug-likeness (QED) is 0.0752. The van der Waals surface area contributed by atoms with Gasteiger partial charge in [-0.05, 0) is 79.6 Å². The normalized spacial score (nSPS) is 24.2. The second-order valence-electron chi connectivity index (χ2n) is 23.6. The van der Waals surface area contributed by atoms with Gasteiger partial charge in [-0.1, -0.05) is 97.2 Å². The lowest BCUT2D eigenvalue weighted by Crippen LogP contribution is -2.74. The van der Waals surface area contributed by atoms with E-state index in [9.17, 15) is 29.5 Å². The fourth-order valence-corrected chi connectivity index (χ4v) is 13.2. The molecule has 18 heteroatoms. The number of ether oxygens (including phenoxy) is 3. The van der Waals surface area contributed by atoms with Crippen molar-refractivity contribution in [1.29, 1.82) is 5.26 Å². The Morgan fingerprint density at radius 2 is 1.61 bits per heavy atom. The van der Waals surface area contributed by atoms with Crippen LogP contribution in [0, 0.1) is 34.5 Å². The molecule has 4 amide bonds. The maximum Gasteiger partial charge on any atom is 0.251 e. The molecule has 2 saturated heterocycles. The number of aryl methyl sites for hydroxylation is 1. The summed E-state index contributed by atoms with van der Waals surface area (Å²) in [4.78, 5) is 67.1. The number of rotatable bonds is 18. The van der Waals surface area contributed by atoms with Gasteiger partial charge >= 0.3 is 0 Å². The molecule has 4 N–H and O–H groups in total. The third-order valence-electron chi connectivity index (χ3n) is 16.3. The van der Waals surface area contributed by atoms with E-state index in [1.165, 1.54) is 4.90 Å². The van der Waals surface area contributed by atoms with Crippen molar-refractivity contribution < 1.29 is 38.5 Å². The Kier molecular flexibility index (Phi) is 18.1. The number of aliphatic hydroxyl groups excluding tert-OH is 1. The molecular weight excluding hydrogens is 1020 g/mol. The molecular formula is C59H77ClN8O8S. The molecule has 0 bridgehead atoms. The first-order chi connectivity index (χ1) is 36.5. The molecule has 0 radical (unpaired) electrons. The molecule has 2 aliphatic carbocycles. The number of β-amino-alcohol motifs (C(OH)–C–C–N with tert-alkyl or cyclic N) is 1. The maximum atomic E-state index is 14.4. The number of benzene rings is 3. The van der Waals surface area contributed by atoms with E-state index < -0.39 is 35.4 Å². The highest BCUT2D eigenvalue weighted by Gasteiger charge is 2.64. The third-order valence-corrected chi connectivity index (χ3v) is 17.5. The molecule has 0 unspecified atom stereocenters. The van der Waals surface area contributed by atoms with Crippen LogP contribution >= 0.6 is 22.9 Å². The van der Waals surface area contributed by atoms with Crippen LogP contribution in [0.4, 0.5) is 0 Å². The summed E-state index contributed by atoms with van der Waals surface area (Å²) in [6.07, 6.45) is 2.80. The standard InChI is InChI=1S/C59H77ClN8O8S/c1-36(38-14-16-39(17-15-38)50-37(2)62-35-77-50)63-53(72)47-30-42(69)33-68(47)54(73)51(57(3,4)5)64-49(70)34-75-48-13-11-10-12-46(48)67-26-24-66(25-27-67)28-29-74-43-21-18-40(19-22-43)52(71)65-55-58(6,7)56(59(55,8)9)76-44-23-20-41(32-61)45(60)31-44/h14-23,31,35-36,42,46-48,51,55-56,69H,10-13,24-30,33-34H2,1-9H3,(H,63,72)(H,64,70)(H,65,71)/t36-,42+,46-,47-,48-,51+,55?,56?/m0/s1. The number of hydrogen-bond donors (Lipinski definition) is 4. The van der Waals surface area contributed by atoms with Crippen molar-refractivity contribution in [1.82, 2.24) is 35.6 Å². The Morgan fingerprint density at radius 3 is 2.25 bits per heavy atom. The predicted octanol–water partition coefficient (Wildman–Crippen LogP) is 7.95. The first kappa shape index (κ1) is 57.6. The first-order valence-corrected chi connectivity index (χ1v) is 28.4. The zero-order valence-electron chi connectivity index (χ0n) is 46.1. The van der Waals surface area contributed by atoms with Gasteiger partial charge in [0.1, 0.15) is 49.0 Å². The van der Waals surface area contributed by atoms with Crippen LogP contribution in [0.5, 0.6) is 11.5 Å². The number of thiazole rings is 1. The Bertz CT molecular complexity index is 2750. The number of aromatic nitrogens is 1. The van der Waals surface area contributed by atoms with E-state index >= 15 is 0 Å². The van der Waals surface area contributed by atoms with Crippen molar-refractivity contribution in [2.24, 2.45) is 16.2 Å². The molecule has 3 aromatic carbocycles. The van der Waals surface area contributed by atoms with Crippen LogP contribution in [-0.4, -0.2) is 143 Å². The Morgan fingerprint density at radius 1 is 0.935 bits per heavy atom. The number of carbonyl (C=O) groups is 4. The zero-order valence-corrected chi connectivity index (χ0v) is 47.6. The smallest absolute Gasteiger partial charge is 0.251 e. The molecule has 4 fully saturated rings. The second kappa shape index (κ2) is 24.2. The van der Waals surface area contributed by atoms with E-state index in [2.05, 4.69) is 64.5 Å². The number of hydrogen-bond acceptors (Lipinski definition) is 13. The summed E-state index contributed by atoms with van der Waals surface area (Å²) >= 11 is 7.85. The van der Waals surface area contributed by atoms with Crippen molar-refractivity contribution in [2.75, 3.05) is 52.5 Å². The molecule has 3 heterocycles. The maximum absolute atomic E-state index is 14.4. The number of nitriles is 1. The average molecular weight is 1090 g/mol. The van der Waals surface area contributed by atoms with Gasteiger partial charge in [0.2, 0.25) is 17.7 Å². The van der Waals surface area contributed by atoms with Gasteiger partial charge in [0.15, 0.2) is 0 Å². The average Bonchev–Trinajstić information content (AvgIpc) is 4.04. The SMILES string of the molecule is Cc1ncsc1-c1ccc([C@H](C)NC(=O)[C@@H]2C[C@@H](O)CN2C(=O)[C@@H](NC(=O)CO[C@H]2CCCC[C@@H]2N2CCN(CCOc3ccc(C(=O)NC4C(C)(C)C(Oc5ccc(C#N)c(Cl)c5)C4(C)C)cc3)CC2)C(C)(C)C)cc1. The van der Waals surface area contributed by atoms with Gasteiger partial charge in [0, 0.05) is 80.2 Å². The fourth-order valence-electron chi connectivity index (χ4n) is 12.2. The first-order valence-electron chi connectivity index (χ1n) is 27.1. The lowest BCUT2D eigenvalue weighted by atomic mass is 9.49. The van der Waals surface area contributed by atoms with Crippen molar-refractivity contribution in [3.05, 3.63) is 99.6 Å². The molecule has 4 aliphatic rings. The van der Waals surface area contributed by atoms with Crippen molar-refractivity contribution in [2.45, 2.75) is 143 Å². The molecule has 2 aliphatic heterocycles. The van der Waals surface area contributed by atoms with E-state index in [0.29, 0.717) is 34.3 Å². The number of likely N-dealkylation sites (tertiary alicyclic amines) is 1. The van der Waals surface area contributed by atoms with Crippen molar-refractivity contribution in [3.63, 3.8) is 0 Å². The number of nitrogens with zero attached hydrogens (tertiary/aromatic N) is 5. The minimum atomic E-state index is -0.956. The number of carbonyl (C=O) groups excluding carboxylic acids is 4. The monoisotopic (exact) mass is 1090 g/mol. The lowest BCUT2D eigenvalue weighted by molar-refractivity contribution is -0.164. The summed E-state index contributed by atoms with van der Waals surface area (Å²) in [5.41, 5.74) is 4.22. The summed E-state index contributed by atoms with van der Waals surface area (Å²) in [6, 6.07) is 20.2. The Hall–Kier alpha value is -5.61. The van der Waals surface area contributed by atoms with Crippen LogP contribution in [0.3, 0.4) is 0 Å². The van der Waals surface area contributed by atoms with E-state index in [4.69, 9.17) is 25.8 Å². The number of amides is 4. The van der Waals surface area contributed by atoms with Gasteiger partial charge in [-0.25, -0.2) is 4.98 Å². The molecule has 0 spiro atoms. The Balaban J connectivity index is 0.764. The van der Waals surface area contributed by atoms with Crippen molar-refractivity contribution in [3.8, 4) is 28.0 Å². The minimum absolute atomic E-state index is 0.00831. The van der Waals surface area contributed by atoms with Crippen LogP contribution in [0.25, 0.3) is 10.4 Å². The van der Waals surface area contributed by atoms with Crippen LogP contribution in [0.1, 0.15) is 121 Å². The van der Waals surface area contributed by atoms with E-state index in [1.54, 1.807) is 41.7 Å². The predicted molar refractivity (Wildman–Crippen MR) is 298 cm³/mol. The van der Waals surface area contributed by atoms with Crippen molar-refractivity contribution >= 4 is 46.6 Å². The topological polar surface area (TPSA) is 199 Å². The molecule has 8 rings (SSSR count). The number of nitrogens with one attached hydrogen (secondary N) is 3. The van der Waals surface area contributed by atoms with Crippen LogP contribution < -0.4 is 25.4 Å². The Labute approximate surface area is 463 Å². The highest BCUT2D eigenvalue weighted by atomic mass is 35.5. The van der Waals surface area contributed by atoms with E-state index in [0.717, 1.165) is 80.1 Å². The van der Waals surface area contributed by atoms with Crippen LogP contribution in [0.2, 0.25) is 5.02 Å². The molecule has 4 aromatic rings. The highest BCUT2D eigenvalue weighted by molar-refractivity contribution is 7.13. The molecule has 2 saturated carbocycles. The van der Waals surface area contributed by atoms with Gasteiger partial charge < -0.3 is 40.2 Å². The molecule has 414 valence electrons. The summed E-state index contributed by atoms with van der Waals surface area (Å²) in [6.45, 7) is 22.3. The summed E-state index contributed by atoms with van der Waals surface area (Å²) < 4.78 is 18.9. The largest absolute Gasteiger partial charge is 0.492 e. The summed E-state index contributed by atoms with van der Waals surface area (Å²) in [7, 11) is 0. The molecule has 77 heavy (non-hydrogen) atoms. The zero-order chi connectivity index (χ0) is 55.4. The van der Waals surface area contributed by atoms with E-state index in [-0.39, 0.29) is 72.6 Å².